The molecule has 3 rings (SSSR count). The van der Waals surface area contributed by atoms with Gasteiger partial charge in [0.25, 0.3) is 5.91 Å². The van der Waals surface area contributed by atoms with E-state index in [2.05, 4.69) is 53.7 Å². The number of quaternary nitrogens is 1. The van der Waals surface area contributed by atoms with E-state index in [9.17, 15) is 4.79 Å². The summed E-state index contributed by atoms with van der Waals surface area (Å²) in [6.45, 7) is 8.87. The predicted octanol–water partition coefficient (Wildman–Crippen LogP) is 1.29. The zero-order valence-corrected chi connectivity index (χ0v) is 14.6. The number of nitrogens with zero attached hydrogens (tertiary/aromatic N) is 2. The van der Waals surface area contributed by atoms with E-state index in [1.54, 1.807) is 0 Å². The van der Waals surface area contributed by atoms with Crippen LogP contribution in [0.5, 0.6) is 0 Å². The number of fused-ring (bicyclic) bond motifs is 1. The van der Waals surface area contributed by atoms with E-state index < -0.39 is 0 Å². The zero-order chi connectivity index (χ0) is 16.7. The monoisotopic (exact) mass is 318 g/mol. The summed E-state index contributed by atoms with van der Waals surface area (Å²) in [5, 5.41) is 14.0. The third-order valence-electron chi connectivity index (χ3n) is 4.69. The molecule has 23 heavy (non-hydrogen) atoms. The van der Waals surface area contributed by atoms with Gasteiger partial charge in [-0.15, -0.1) is 0 Å². The van der Waals surface area contributed by atoms with Crippen LogP contribution in [0.2, 0.25) is 0 Å². The molecule has 0 aromatic carbocycles. The highest BCUT2D eigenvalue weighted by molar-refractivity contribution is 5.95. The summed E-state index contributed by atoms with van der Waals surface area (Å²) in [5.41, 5.74) is 6.71. The first-order chi connectivity index (χ1) is 10.8. The van der Waals surface area contributed by atoms with Crippen LogP contribution in [0.3, 0.4) is 0 Å². The van der Waals surface area contributed by atoms with Crippen LogP contribution in [-0.2, 0) is 12.8 Å². The molecular weight excluding hydrogens is 290 g/mol. The van der Waals surface area contributed by atoms with Gasteiger partial charge in [0.05, 0.1) is 16.8 Å². The van der Waals surface area contributed by atoms with E-state index >= 15 is 0 Å². The van der Waals surface area contributed by atoms with Gasteiger partial charge in [-0.05, 0) is 53.4 Å². The maximum atomic E-state index is 12.4. The highest BCUT2D eigenvalue weighted by Crippen LogP contribution is 2.22. The number of aryl methyl sites for hydroxylation is 1. The van der Waals surface area contributed by atoms with Gasteiger partial charge in [0.15, 0.2) is 5.69 Å². The highest BCUT2D eigenvalue weighted by atomic mass is 16.2. The van der Waals surface area contributed by atoms with Crippen LogP contribution in [0, 0.1) is 0 Å². The summed E-state index contributed by atoms with van der Waals surface area (Å²) < 4.78 is 0. The molecule has 1 saturated heterocycles. The second-order valence-electron chi connectivity index (χ2n) is 8.33. The summed E-state index contributed by atoms with van der Waals surface area (Å²) in [7, 11) is 0. The van der Waals surface area contributed by atoms with Crippen LogP contribution in [0.1, 0.15) is 75.1 Å². The van der Waals surface area contributed by atoms with Crippen molar-refractivity contribution < 1.29 is 10.1 Å². The smallest absolute Gasteiger partial charge is 0.292 e. The normalized spacial score (nSPS) is 22.3. The van der Waals surface area contributed by atoms with E-state index in [-0.39, 0.29) is 17.0 Å². The number of aromatic amines is 1. The fourth-order valence-electron chi connectivity index (χ4n) is 4.20. The number of piperidine rings is 1. The summed E-state index contributed by atoms with van der Waals surface area (Å²) in [5.74, 6) is -0.193. The number of H-pyrrole nitrogens is 1. The fraction of sp³-hybridized carbons (Fsp3) is 0.706. The number of hydrazone groups is 1. The van der Waals surface area contributed by atoms with Crippen molar-refractivity contribution in [3.05, 3.63) is 17.0 Å². The van der Waals surface area contributed by atoms with E-state index in [0.29, 0.717) is 5.69 Å². The molecule has 1 aliphatic carbocycles. The number of nitrogens with two attached hydrogens (primary N) is 1. The topological polar surface area (TPSA) is 86.8 Å². The average Bonchev–Trinajstić information content (AvgIpc) is 2.85. The highest BCUT2D eigenvalue weighted by Gasteiger charge is 2.40. The largest absolute Gasteiger partial charge is 0.337 e. The Bertz CT molecular complexity index is 623. The molecule has 6 nitrogen and oxygen atoms in total. The van der Waals surface area contributed by atoms with Gasteiger partial charge in [-0.2, -0.15) is 10.2 Å². The molecule has 1 aromatic heterocycles. The first-order valence-corrected chi connectivity index (χ1v) is 8.55. The molecule has 0 atom stereocenters. The summed E-state index contributed by atoms with van der Waals surface area (Å²) in [4.78, 5) is 12.4. The summed E-state index contributed by atoms with van der Waals surface area (Å²) in [6, 6.07) is 0. The molecule has 1 fully saturated rings. The standard InChI is InChI=1S/C17H27N5O/c1-16(2)9-11(10-17(3,4)22-16)18-21-15(23)14-12-7-5-6-8-13(12)19-20-14/h22H,5-10H2,1-4H3,(H,19,20)(H,21,23)/p+1. The molecule has 0 bridgehead atoms. The zero-order valence-electron chi connectivity index (χ0n) is 14.6. The number of rotatable bonds is 2. The Labute approximate surface area is 137 Å². The molecule has 2 aliphatic rings. The lowest BCUT2D eigenvalue weighted by molar-refractivity contribution is -0.780. The Morgan fingerprint density at radius 3 is 2.52 bits per heavy atom. The minimum atomic E-state index is -0.193. The second-order valence-corrected chi connectivity index (χ2v) is 8.33. The molecule has 4 N–H and O–H groups in total. The number of carbonyl (C=O) groups excluding carboxylic acids is 1. The minimum absolute atomic E-state index is 0.108. The number of carbonyl (C=O) groups is 1. The lowest BCUT2D eigenvalue weighted by atomic mass is 9.81. The molecule has 0 saturated carbocycles. The number of hydrogen-bond acceptors (Lipinski definition) is 3. The third-order valence-corrected chi connectivity index (χ3v) is 4.69. The van der Waals surface area contributed by atoms with Crippen LogP contribution < -0.4 is 10.7 Å². The minimum Gasteiger partial charge on any atom is -0.337 e. The first-order valence-electron chi connectivity index (χ1n) is 8.55. The van der Waals surface area contributed by atoms with Crippen molar-refractivity contribution in [2.24, 2.45) is 5.10 Å². The number of amides is 1. The third kappa shape index (κ3) is 3.63. The lowest BCUT2D eigenvalue weighted by Gasteiger charge is -2.39. The van der Waals surface area contributed by atoms with E-state index in [0.717, 1.165) is 49.1 Å². The van der Waals surface area contributed by atoms with Crippen molar-refractivity contribution in [3.8, 4) is 0 Å². The van der Waals surface area contributed by atoms with Crippen LogP contribution in [-0.4, -0.2) is 32.9 Å². The van der Waals surface area contributed by atoms with Crippen LogP contribution in [0.4, 0.5) is 0 Å². The van der Waals surface area contributed by atoms with Crippen molar-refractivity contribution in [3.63, 3.8) is 0 Å². The van der Waals surface area contributed by atoms with Crippen molar-refractivity contribution in [1.29, 1.82) is 0 Å². The summed E-state index contributed by atoms with van der Waals surface area (Å²) in [6.07, 6.45) is 5.98. The molecular formula is C17H28N5O+. The van der Waals surface area contributed by atoms with E-state index in [1.807, 2.05) is 0 Å². The molecule has 0 unspecified atom stereocenters. The number of hydrogen-bond donors (Lipinski definition) is 3. The number of aromatic nitrogens is 2. The fourth-order valence-corrected chi connectivity index (χ4v) is 4.20. The Hall–Kier alpha value is -1.69. The summed E-state index contributed by atoms with van der Waals surface area (Å²) >= 11 is 0. The molecule has 2 heterocycles. The van der Waals surface area contributed by atoms with Gasteiger partial charge in [0, 0.05) is 24.1 Å². The quantitative estimate of drug-likeness (QED) is 0.718. The SMILES string of the molecule is CC1(C)CC(=NNC(=O)c2n[nH]c3c2CCCC3)CC(C)(C)[NH2+]1. The lowest BCUT2D eigenvalue weighted by Crippen LogP contribution is -3.05. The molecule has 6 heteroatoms. The Morgan fingerprint density at radius 1 is 1.17 bits per heavy atom. The Balaban J connectivity index is 1.72. The van der Waals surface area contributed by atoms with Gasteiger partial charge < -0.3 is 5.32 Å². The van der Waals surface area contributed by atoms with Crippen LogP contribution in [0.25, 0.3) is 0 Å². The van der Waals surface area contributed by atoms with Gasteiger partial charge in [-0.25, -0.2) is 5.43 Å². The van der Waals surface area contributed by atoms with Gasteiger partial charge >= 0.3 is 0 Å². The molecule has 1 aliphatic heterocycles. The van der Waals surface area contributed by atoms with Crippen molar-refractivity contribution in [2.45, 2.75) is 77.3 Å². The molecule has 126 valence electrons. The van der Waals surface area contributed by atoms with Gasteiger partial charge in [-0.1, -0.05) is 0 Å². The predicted molar refractivity (Wildman–Crippen MR) is 89.4 cm³/mol. The Morgan fingerprint density at radius 2 is 1.83 bits per heavy atom. The van der Waals surface area contributed by atoms with E-state index in [1.165, 1.54) is 6.42 Å². The van der Waals surface area contributed by atoms with Crippen molar-refractivity contribution in [2.75, 3.05) is 0 Å². The van der Waals surface area contributed by atoms with Crippen LogP contribution >= 0.6 is 0 Å². The van der Waals surface area contributed by atoms with E-state index in [4.69, 9.17) is 0 Å². The van der Waals surface area contributed by atoms with Gasteiger partial charge in [0.2, 0.25) is 0 Å². The molecule has 1 aromatic rings. The second kappa shape index (κ2) is 5.74. The molecule has 0 spiro atoms. The molecule has 1 amide bonds. The molecule has 0 radical (unpaired) electrons. The van der Waals surface area contributed by atoms with Crippen LogP contribution in [0.15, 0.2) is 5.10 Å². The number of nitrogens with one attached hydrogen (secondary N) is 2. The average molecular weight is 318 g/mol. The van der Waals surface area contributed by atoms with Gasteiger partial charge in [-0.3, -0.25) is 9.89 Å². The van der Waals surface area contributed by atoms with Crippen molar-refractivity contribution >= 4 is 11.6 Å². The van der Waals surface area contributed by atoms with Crippen molar-refractivity contribution in [1.82, 2.24) is 15.6 Å². The van der Waals surface area contributed by atoms with Gasteiger partial charge in [0.1, 0.15) is 0 Å². The maximum absolute atomic E-state index is 12.4. The first kappa shape index (κ1) is 16.2. The maximum Gasteiger partial charge on any atom is 0.292 e. The Kier molecular flexibility index (Phi) is 4.04.